The Labute approximate surface area is 125 Å². The number of likely N-dealkylation sites (tertiary alicyclic amines) is 1. The van der Waals surface area contributed by atoms with E-state index < -0.39 is 5.97 Å². The topological polar surface area (TPSA) is 78.9 Å². The molecule has 6 nitrogen and oxygen atoms in total. The second kappa shape index (κ2) is 7.11. The molecule has 1 aliphatic heterocycles. The van der Waals surface area contributed by atoms with Crippen molar-refractivity contribution in [1.82, 2.24) is 10.2 Å². The van der Waals surface area contributed by atoms with E-state index in [4.69, 9.17) is 9.84 Å². The predicted molar refractivity (Wildman–Crippen MR) is 78.0 cm³/mol. The van der Waals surface area contributed by atoms with Crippen LogP contribution >= 0.6 is 0 Å². The summed E-state index contributed by atoms with van der Waals surface area (Å²) in [5, 5.41) is 12.1. The number of urea groups is 1. The van der Waals surface area contributed by atoms with Crippen LogP contribution in [0.1, 0.15) is 32.6 Å². The Morgan fingerprint density at radius 3 is 2.76 bits per heavy atom. The van der Waals surface area contributed by atoms with Gasteiger partial charge in [0.05, 0.1) is 12.0 Å². The van der Waals surface area contributed by atoms with Crippen LogP contribution in [-0.2, 0) is 9.53 Å². The highest BCUT2D eigenvalue weighted by Crippen LogP contribution is 2.31. The van der Waals surface area contributed by atoms with Crippen molar-refractivity contribution >= 4 is 12.0 Å². The van der Waals surface area contributed by atoms with E-state index in [9.17, 15) is 9.59 Å². The Kier molecular flexibility index (Phi) is 5.45. The summed E-state index contributed by atoms with van der Waals surface area (Å²) < 4.78 is 5.41. The first kappa shape index (κ1) is 16.1. The fourth-order valence-electron chi connectivity index (χ4n) is 3.46. The Hall–Kier alpha value is -1.30. The first-order valence-electron chi connectivity index (χ1n) is 7.81. The van der Waals surface area contributed by atoms with Gasteiger partial charge in [-0.3, -0.25) is 4.79 Å². The highest BCUT2D eigenvalue weighted by atomic mass is 16.5. The monoisotopic (exact) mass is 298 g/mol. The van der Waals surface area contributed by atoms with Gasteiger partial charge >= 0.3 is 12.0 Å². The van der Waals surface area contributed by atoms with E-state index in [1.54, 1.807) is 12.0 Å². The summed E-state index contributed by atoms with van der Waals surface area (Å²) in [7, 11) is 1.68. The van der Waals surface area contributed by atoms with Gasteiger partial charge in [0, 0.05) is 26.7 Å². The lowest BCUT2D eigenvalue weighted by Crippen LogP contribution is -2.51. The third-order valence-corrected chi connectivity index (χ3v) is 4.97. The number of methoxy groups -OCH3 is 1. The molecular weight excluding hydrogens is 272 g/mol. The van der Waals surface area contributed by atoms with E-state index in [-0.39, 0.29) is 24.0 Å². The number of piperidine rings is 1. The molecule has 6 heteroatoms. The second-order valence-corrected chi connectivity index (χ2v) is 6.31. The highest BCUT2D eigenvalue weighted by Gasteiger charge is 2.34. The first-order chi connectivity index (χ1) is 10.0. The summed E-state index contributed by atoms with van der Waals surface area (Å²) in [6.07, 6.45) is 3.57. The maximum atomic E-state index is 12.2. The SMILES string of the molecule is COC1CN(C(=O)NCC2CCCC2C(=O)O)CCC1C. The number of nitrogens with one attached hydrogen (secondary N) is 1. The highest BCUT2D eigenvalue weighted by molar-refractivity contribution is 5.75. The standard InChI is InChI=1S/C15H26N2O4/c1-10-6-7-17(9-13(10)21-2)15(20)16-8-11-4-3-5-12(11)14(18)19/h10-13H,3-9H2,1-2H3,(H,16,20)(H,18,19). The van der Waals surface area contributed by atoms with Crippen molar-refractivity contribution in [2.45, 2.75) is 38.7 Å². The molecule has 0 bridgehead atoms. The van der Waals surface area contributed by atoms with Crippen LogP contribution in [0.5, 0.6) is 0 Å². The van der Waals surface area contributed by atoms with E-state index in [1.165, 1.54) is 0 Å². The van der Waals surface area contributed by atoms with E-state index in [1.807, 2.05) is 0 Å². The second-order valence-electron chi connectivity index (χ2n) is 6.31. The summed E-state index contributed by atoms with van der Waals surface area (Å²) in [5.74, 6) is -0.518. The van der Waals surface area contributed by atoms with Gasteiger partial charge in [0.25, 0.3) is 0 Å². The number of carbonyl (C=O) groups is 2. The van der Waals surface area contributed by atoms with E-state index >= 15 is 0 Å². The quantitative estimate of drug-likeness (QED) is 0.825. The predicted octanol–water partition coefficient (Wildman–Crippen LogP) is 1.55. The van der Waals surface area contributed by atoms with Crippen LogP contribution < -0.4 is 5.32 Å². The summed E-state index contributed by atoms with van der Waals surface area (Å²) in [6, 6.07) is -0.0972. The summed E-state index contributed by atoms with van der Waals surface area (Å²) in [5.41, 5.74) is 0. The lowest BCUT2D eigenvalue weighted by atomic mass is 9.95. The van der Waals surface area contributed by atoms with Crippen molar-refractivity contribution in [2.75, 3.05) is 26.7 Å². The number of carboxylic acids is 1. The van der Waals surface area contributed by atoms with Crippen LogP contribution in [0.15, 0.2) is 0 Å². The van der Waals surface area contributed by atoms with Crippen molar-refractivity contribution in [3.8, 4) is 0 Å². The van der Waals surface area contributed by atoms with Crippen LogP contribution in [0.2, 0.25) is 0 Å². The molecule has 21 heavy (non-hydrogen) atoms. The maximum Gasteiger partial charge on any atom is 0.317 e. The Morgan fingerprint density at radius 1 is 1.33 bits per heavy atom. The minimum absolute atomic E-state index is 0.0633. The zero-order chi connectivity index (χ0) is 15.4. The van der Waals surface area contributed by atoms with Crippen molar-refractivity contribution in [2.24, 2.45) is 17.8 Å². The Balaban J connectivity index is 1.80. The average Bonchev–Trinajstić information content (AvgIpc) is 2.94. The number of nitrogens with zero attached hydrogens (tertiary/aromatic N) is 1. The van der Waals surface area contributed by atoms with Gasteiger partial charge in [-0.1, -0.05) is 13.3 Å². The fourth-order valence-corrected chi connectivity index (χ4v) is 3.46. The van der Waals surface area contributed by atoms with Crippen LogP contribution in [0.3, 0.4) is 0 Å². The maximum absolute atomic E-state index is 12.2. The molecule has 120 valence electrons. The summed E-state index contributed by atoms with van der Waals surface area (Å²) in [4.78, 5) is 25.1. The molecule has 2 N–H and O–H groups in total. The molecule has 1 saturated heterocycles. The molecule has 2 aliphatic rings. The number of carboxylic acid groups (broad SMARTS) is 1. The molecule has 0 aromatic carbocycles. The van der Waals surface area contributed by atoms with Gasteiger partial charge in [0.2, 0.25) is 0 Å². The fraction of sp³-hybridized carbons (Fsp3) is 0.867. The number of amides is 2. The van der Waals surface area contributed by atoms with Crippen LogP contribution in [0.25, 0.3) is 0 Å². The molecule has 2 fully saturated rings. The molecule has 1 heterocycles. The van der Waals surface area contributed by atoms with E-state index in [0.29, 0.717) is 19.0 Å². The molecule has 0 aromatic rings. The van der Waals surface area contributed by atoms with Crippen LogP contribution in [0, 0.1) is 17.8 Å². The molecule has 0 aromatic heterocycles. The van der Waals surface area contributed by atoms with Crippen molar-refractivity contribution in [3.05, 3.63) is 0 Å². The Bertz CT molecular complexity index is 388. The minimum Gasteiger partial charge on any atom is -0.481 e. The molecule has 0 radical (unpaired) electrons. The van der Waals surface area contributed by atoms with E-state index in [0.717, 1.165) is 32.2 Å². The number of hydrogen-bond acceptors (Lipinski definition) is 3. The summed E-state index contributed by atoms with van der Waals surface area (Å²) >= 11 is 0. The van der Waals surface area contributed by atoms with Gasteiger partial charge in [-0.15, -0.1) is 0 Å². The van der Waals surface area contributed by atoms with Gasteiger partial charge in [0.15, 0.2) is 0 Å². The minimum atomic E-state index is -0.738. The lowest BCUT2D eigenvalue weighted by molar-refractivity contribution is -0.142. The molecule has 1 saturated carbocycles. The van der Waals surface area contributed by atoms with Gasteiger partial charge < -0.3 is 20.1 Å². The molecular formula is C15H26N2O4. The van der Waals surface area contributed by atoms with Crippen LogP contribution in [-0.4, -0.2) is 54.9 Å². The first-order valence-corrected chi connectivity index (χ1v) is 7.81. The van der Waals surface area contributed by atoms with Crippen molar-refractivity contribution < 1.29 is 19.4 Å². The number of carbonyl (C=O) groups excluding carboxylic acids is 1. The van der Waals surface area contributed by atoms with Gasteiger partial charge in [0.1, 0.15) is 0 Å². The van der Waals surface area contributed by atoms with Crippen LogP contribution in [0.4, 0.5) is 4.79 Å². The van der Waals surface area contributed by atoms with Gasteiger partial charge in [-0.25, -0.2) is 4.79 Å². The largest absolute Gasteiger partial charge is 0.481 e. The van der Waals surface area contributed by atoms with Crippen molar-refractivity contribution in [1.29, 1.82) is 0 Å². The third kappa shape index (κ3) is 3.87. The van der Waals surface area contributed by atoms with E-state index in [2.05, 4.69) is 12.2 Å². The smallest absolute Gasteiger partial charge is 0.317 e. The average molecular weight is 298 g/mol. The zero-order valence-electron chi connectivity index (χ0n) is 12.9. The van der Waals surface area contributed by atoms with Crippen molar-refractivity contribution in [3.63, 3.8) is 0 Å². The van der Waals surface area contributed by atoms with Gasteiger partial charge in [-0.2, -0.15) is 0 Å². The number of ether oxygens (including phenoxy) is 1. The molecule has 1 aliphatic carbocycles. The zero-order valence-corrected chi connectivity index (χ0v) is 12.9. The molecule has 4 unspecified atom stereocenters. The molecule has 2 rings (SSSR count). The third-order valence-electron chi connectivity index (χ3n) is 4.97. The van der Waals surface area contributed by atoms with Gasteiger partial charge in [-0.05, 0) is 31.1 Å². The lowest BCUT2D eigenvalue weighted by Gasteiger charge is -2.36. The Morgan fingerprint density at radius 2 is 2.10 bits per heavy atom. The number of rotatable bonds is 4. The molecule has 0 spiro atoms. The summed E-state index contributed by atoms with van der Waals surface area (Å²) in [6.45, 7) is 3.94. The molecule has 2 amide bonds. The number of aliphatic carboxylic acids is 1. The number of hydrogen-bond donors (Lipinski definition) is 2. The normalized spacial score (nSPS) is 33.0. The molecule has 4 atom stereocenters.